The SMILES string of the molecule is O=C(O)CCc1ccc(/C(Nc2ccc(CN3CCCC3)cc2)=C2/C(=O)Nc3cc(Cl)ccc32)cc1. The molecule has 0 spiro atoms. The third kappa shape index (κ3) is 5.45. The van der Waals surface area contributed by atoms with Crippen molar-refractivity contribution in [2.45, 2.75) is 32.2 Å². The molecule has 7 heteroatoms. The van der Waals surface area contributed by atoms with Crippen LogP contribution < -0.4 is 10.6 Å². The molecule has 36 heavy (non-hydrogen) atoms. The van der Waals surface area contributed by atoms with Crippen LogP contribution in [0, 0.1) is 0 Å². The van der Waals surface area contributed by atoms with Crippen molar-refractivity contribution >= 4 is 46.1 Å². The molecule has 3 aromatic carbocycles. The van der Waals surface area contributed by atoms with Gasteiger partial charge in [0.2, 0.25) is 0 Å². The lowest BCUT2D eigenvalue weighted by Crippen LogP contribution is -2.18. The Kier molecular flexibility index (Phi) is 7.07. The van der Waals surface area contributed by atoms with Crippen molar-refractivity contribution in [3.63, 3.8) is 0 Å². The number of nitrogens with one attached hydrogen (secondary N) is 2. The van der Waals surface area contributed by atoms with Crippen molar-refractivity contribution in [2.75, 3.05) is 23.7 Å². The molecule has 0 radical (unpaired) electrons. The van der Waals surface area contributed by atoms with Crippen LogP contribution in [0.5, 0.6) is 0 Å². The Balaban J connectivity index is 1.48. The molecule has 0 atom stereocenters. The molecule has 3 N–H and O–H groups in total. The summed E-state index contributed by atoms with van der Waals surface area (Å²) in [5.41, 5.74) is 6.61. The maximum absolute atomic E-state index is 13.1. The van der Waals surface area contributed by atoms with Gasteiger partial charge in [0.25, 0.3) is 5.91 Å². The molecule has 0 saturated carbocycles. The first-order valence-corrected chi connectivity index (χ1v) is 12.6. The van der Waals surface area contributed by atoms with Crippen LogP contribution in [0.2, 0.25) is 5.02 Å². The maximum atomic E-state index is 13.1. The number of hydrogen-bond donors (Lipinski definition) is 3. The molecule has 2 aliphatic rings. The lowest BCUT2D eigenvalue weighted by molar-refractivity contribution is -0.137. The Labute approximate surface area is 215 Å². The molecule has 184 valence electrons. The highest BCUT2D eigenvalue weighted by Crippen LogP contribution is 2.39. The van der Waals surface area contributed by atoms with E-state index in [2.05, 4.69) is 27.7 Å². The number of halogens is 1. The molecular weight excluding hydrogens is 474 g/mol. The molecule has 2 aliphatic heterocycles. The van der Waals surface area contributed by atoms with Crippen molar-refractivity contribution in [3.8, 4) is 0 Å². The smallest absolute Gasteiger partial charge is 0.303 e. The van der Waals surface area contributed by atoms with Crippen molar-refractivity contribution in [1.29, 1.82) is 0 Å². The van der Waals surface area contributed by atoms with E-state index in [9.17, 15) is 9.59 Å². The highest BCUT2D eigenvalue weighted by atomic mass is 35.5. The molecule has 1 saturated heterocycles. The minimum atomic E-state index is -0.824. The standard InChI is InChI=1S/C29H28ClN3O3/c30-22-10-13-24-25(17-22)32-29(36)27(24)28(21-8-3-19(4-9-21)7-14-26(34)35)31-23-11-5-20(6-12-23)18-33-15-1-2-16-33/h3-6,8-13,17,31H,1-2,7,14-16,18H2,(H,32,36)(H,34,35)/b28-27-. The number of amides is 1. The van der Waals surface area contributed by atoms with Crippen LogP contribution in [0.15, 0.2) is 66.7 Å². The van der Waals surface area contributed by atoms with Gasteiger partial charge in [0.05, 0.1) is 17.0 Å². The first-order valence-electron chi connectivity index (χ1n) is 12.2. The number of carbonyl (C=O) groups is 2. The van der Waals surface area contributed by atoms with Gasteiger partial charge in [0, 0.05) is 29.2 Å². The second-order valence-electron chi connectivity index (χ2n) is 9.29. The van der Waals surface area contributed by atoms with Crippen LogP contribution in [-0.4, -0.2) is 35.0 Å². The maximum Gasteiger partial charge on any atom is 0.303 e. The van der Waals surface area contributed by atoms with E-state index in [0.29, 0.717) is 28.4 Å². The monoisotopic (exact) mass is 501 g/mol. The number of aliphatic carboxylic acids is 1. The van der Waals surface area contributed by atoms with Gasteiger partial charge in [-0.3, -0.25) is 14.5 Å². The fourth-order valence-corrected chi connectivity index (χ4v) is 4.97. The van der Waals surface area contributed by atoms with E-state index in [1.165, 1.54) is 18.4 Å². The van der Waals surface area contributed by atoms with Crippen LogP contribution in [0.4, 0.5) is 11.4 Å². The zero-order chi connectivity index (χ0) is 25.1. The summed E-state index contributed by atoms with van der Waals surface area (Å²) >= 11 is 6.16. The summed E-state index contributed by atoms with van der Waals surface area (Å²) < 4.78 is 0. The van der Waals surface area contributed by atoms with E-state index in [1.807, 2.05) is 42.5 Å². The first-order chi connectivity index (χ1) is 17.5. The molecule has 2 heterocycles. The topological polar surface area (TPSA) is 81.7 Å². The number of fused-ring (bicyclic) bond motifs is 1. The average molecular weight is 502 g/mol. The quantitative estimate of drug-likeness (QED) is 0.335. The number of nitrogens with zero attached hydrogens (tertiary/aromatic N) is 1. The van der Waals surface area contributed by atoms with Gasteiger partial charge in [-0.15, -0.1) is 0 Å². The van der Waals surface area contributed by atoms with Gasteiger partial charge in [-0.2, -0.15) is 0 Å². The third-order valence-electron chi connectivity index (χ3n) is 6.67. The van der Waals surface area contributed by atoms with Gasteiger partial charge in [0.15, 0.2) is 0 Å². The summed E-state index contributed by atoms with van der Waals surface area (Å²) in [6.07, 6.45) is 3.06. The van der Waals surface area contributed by atoms with Crippen molar-refractivity contribution in [3.05, 3.63) is 94.0 Å². The zero-order valence-electron chi connectivity index (χ0n) is 19.9. The molecule has 0 aliphatic carbocycles. The fourth-order valence-electron chi connectivity index (χ4n) is 4.80. The number of carboxylic acids is 1. The summed E-state index contributed by atoms with van der Waals surface area (Å²) in [4.78, 5) is 26.5. The lowest BCUT2D eigenvalue weighted by Gasteiger charge is -2.17. The van der Waals surface area contributed by atoms with E-state index < -0.39 is 5.97 Å². The van der Waals surface area contributed by atoms with Crippen molar-refractivity contribution in [2.24, 2.45) is 0 Å². The number of likely N-dealkylation sites (tertiary alicyclic amines) is 1. The van der Waals surface area contributed by atoms with Gasteiger partial charge in [-0.05, 0) is 73.3 Å². The summed E-state index contributed by atoms with van der Waals surface area (Å²) in [7, 11) is 0. The van der Waals surface area contributed by atoms with Crippen LogP contribution in [0.1, 0.15) is 41.5 Å². The predicted octanol–water partition coefficient (Wildman–Crippen LogP) is 5.89. The Morgan fingerprint density at radius 1 is 0.972 bits per heavy atom. The fraction of sp³-hybridized carbons (Fsp3) is 0.241. The van der Waals surface area contributed by atoms with Gasteiger partial charge in [0.1, 0.15) is 0 Å². The number of benzene rings is 3. The molecule has 5 rings (SSSR count). The number of aryl methyl sites for hydroxylation is 1. The molecule has 0 unspecified atom stereocenters. The Bertz CT molecular complexity index is 1310. The number of anilines is 2. The van der Waals surface area contributed by atoms with Gasteiger partial charge >= 0.3 is 5.97 Å². The summed E-state index contributed by atoms with van der Waals surface area (Å²) in [5.74, 6) is -1.02. The number of carboxylic acid groups (broad SMARTS) is 1. The predicted molar refractivity (Wildman–Crippen MR) is 144 cm³/mol. The number of hydrogen-bond acceptors (Lipinski definition) is 4. The minimum Gasteiger partial charge on any atom is -0.481 e. The number of carbonyl (C=O) groups excluding carboxylic acids is 1. The van der Waals surface area contributed by atoms with Gasteiger partial charge in [-0.25, -0.2) is 0 Å². The summed E-state index contributed by atoms with van der Waals surface area (Å²) in [6.45, 7) is 3.25. The zero-order valence-corrected chi connectivity index (χ0v) is 20.6. The molecule has 3 aromatic rings. The van der Waals surface area contributed by atoms with E-state index in [1.54, 1.807) is 12.1 Å². The lowest BCUT2D eigenvalue weighted by atomic mass is 9.98. The molecule has 0 bridgehead atoms. The summed E-state index contributed by atoms with van der Waals surface area (Å²) in [5, 5.41) is 16.0. The van der Waals surface area contributed by atoms with Crippen molar-refractivity contribution < 1.29 is 14.7 Å². The third-order valence-corrected chi connectivity index (χ3v) is 6.91. The average Bonchev–Trinajstić information content (AvgIpc) is 3.49. The molecule has 1 fully saturated rings. The van der Waals surface area contributed by atoms with E-state index in [0.717, 1.165) is 42.0 Å². The normalized spacial score (nSPS) is 16.5. The second kappa shape index (κ2) is 10.6. The highest BCUT2D eigenvalue weighted by molar-refractivity contribution is 6.38. The number of rotatable bonds is 8. The van der Waals surface area contributed by atoms with Crippen LogP contribution in [0.25, 0.3) is 11.3 Å². The van der Waals surface area contributed by atoms with Crippen molar-refractivity contribution in [1.82, 2.24) is 4.90 Å². The second-order valence-corrected chi connectivity index (χ2v) is 9.73. The largest absolute Gasteiger partial charge is 0.481 e. The van der Waals surface area contributed by atoms with E-state index in [-0.39, 0.29) is 12.3 Å². The van der Waals surface area contributed by atoms with Crippen LogP contribution >= 0.6 is 11.6 Å². The minimum absolute atomic E-state index is 0.0753. The molecule has 1 amide bonds. The van der Waals surface area contributed by atoms with Gasteiger partial charge < -0.3 is 15.7 Å². The molecular formula is C29H28ClN3O3. The Hall–Kier alpha value is -3.61. The Morgan fingerprint density at radius 2 is 1.67 bits per heavy atom. The van der Waals surface area contributed by atoms with Gasteiger partial charge in [-0.1, -0.05) is 54.1 Å². The first kappa shape index (κ1) is 24.1. The molecule has 0 aromatic heterocycles. The summed E-state index contributed by atoms with van der Waals surface area (Å²) in [6, 6.07) is 21.4. The van der Waals surface area contributed by atoms with E-state index in [4.69, 9.17) is 16.7 Å². The highest BCUT2D eigenvalue weighted by Gasteiger charge is 2.28. The van der Waals surface area contributed by atoms with E-state index >= 15 is 0 Å². The molecule has 6 nitrogen and oxygen atoms in total. The van der Waals surface area contributed by atoms with Crippen LogP contribution in [-0.2, 0) is 22.6 Å². The Morgan fingerprint density at radius 3 is 2.36 bits per heavy atom. The van der Waals surface area contributed by atoms with Crippen LogP contribution in [0.3, 0.4) is 0 Å².